The summed E-state index contributed by atoms with van der Waals surface area (Å²) in [7, 11) is 1.91. The minimum absolute atomic E-state index is 0.610. The molecule has 0 saturated carbocycles. The number of fused-ring (bicyclic) bond motifs is 1. The Bertz CT molecular complexity index is 611. The number of ether oxygens (including phenoxy) is 2. The van der Waals surface area contributed by atoms with Crippen molar-refractivity contribution in [3.63, 3.8) is 0 Å². The summed E-state index contributed by atoms with van der Waals surface area (Å²) in [6.07, 6.45) is 2.10. The Balaban J connectivity index is 2.57. The lowest BCUT2D eigenvalue weighted by Gasteiger charge is -2.14. The van der Waals surface area contributed by atoms with Gasteiger partial charge >= 0.3 is 0 Å². The molecule has 0 radical (unpaired) electrons. The maximum absolute atomic E-state index is 5.69. The highest BCUT2D eigenvalue weighted by Crippen LogP contribution is 2.33. The van der Waals surface area contributed by atoms with Crippen molar-refractivity contribution in [3.05, 3.63) is 23.8 Å². The first-order chi connectivity index (χ1) is 10.2. The van der Waals surface area contributed by atoms with Crippen LogP contribution < -0.4 is 14.8 Å². The zero-order chi connectivity index (χ0) is 15.2. The summed E-state index contributed by atoms with van der Waals surface area (Å²) in [6.45, 7) is 7.35. The summed E-state index contributed by atoms with van der Waals surface area (Å²) < 4.78 is 11.3. The van der Waals surface area contributed by atoms with E-state index in [1.807, 2.05) is 33.0 Å². The van der Waals surface area contributed by atoms with Gasteiger partial charge in [-0.05, 0) is 38.0 Å². The van der Waals surface area contributed by atoms with E-state index in [9.17, 15) is 0 Å². The van der Waals surface area contributed by atoms with Gasteiger partial charge in [-0.1, -0.05) is 13.3 Å². The average Bonchev–Trinajstić information content (AvgIpc) is 2.48. The predicted octanol–water partition coefficient (Wildman–Crippen LogP) is 4.03. The average molecular weight is 288 g/mol. The van der Waals surface area contributed by atoms with E-state index >= 15 is 0 Å². The number of aryl methyl sites for hydroxylation is 1. The van der Waals surface area contributed by atoms with Crippen molar-refractivity contribution >= 4 is 16.7 Å². The highest BCUT2D eigenvalue weighted by Gasteiger charge is 2.11. The van der Waals surface area contributed by atoms with Crippen LogP contribution in [0.1, 0.15) is 32.8 Å². The van der Waals surface area contributed by atoms with Crippen LogP contribution in [0.4, 0.5) is 5.82 Å². The SMILES string of the molecule is CCCc1cc2cc(OCC)c(OCC)cc2nc1NC. The molecule has 0 aliphatic carbocycles. The smallest absolute Gasteiger partial charge is 0.163 e. The first kappa shape index (κ1) is 15.4. The predicted molar refractivity (Wildman–Crippen MR) is 87.6 cm³/mol. The van der Waals surface area contributed by atoms with Crippen molar-refractivity contribution in [1.29, 1.82) is 0 Å². The molecular weight excluding hydrogens is 264 g/mol. The molecule has 0 bridgehead atoms. The molecule has 0 atom stereocenters. The lowest BCUT2D eigenvalue weighted by atomic mass is 10.1. The van der Waals surface area contributed by atoms with Crippen molar-refractivity contribution in [1.82, 2.24) is 4.98 Å². The van der Waals surface area contributed by atoms with Crippen LogP contribution in [0.2, 0.25) is 0 Å². The molecule has 1 aromatic heterocycles. The van der Waals surface area contributed by atoms with Crippen molar-refractivity contribution < 1.29 is 9.47 Å². The summed E-state index contributed by atoms with van der Waals surface area (Å²) in [5.41, 5.74) is 2.16. The second kappa shape index (κ2) is 7.16. The Hall–Kier alpha value is -1.97. The second-order valence-electron chi connectivity index (χ2n) is 4.85. The summed E-state index contributed by atoms with van der Waals surface area (Å²) in [5, 5.41) is 4.27. The topological polar surface area (TPSA) is 43.4 Å². The van der Waals surface area contributed by atoms with E-state index in [0.717, 1.165) is 41.1 Å². The van der Waals surface area contributed by atoms with Crippen molar-refractivity contribution in [2.24, 2.45) is 0 Å². The van der Waals surface area contributed by atoms with Crippen molar-refractivity contribution in [3.8, 4) is 11.5 Å². The summed E-state index contributed by atoms with van der Waals surface area (Å²) in [4.78, 5) is 4.71. The molecule has 4 nitrogen and oxygen atoms in total. The second-order valence-corrected chi connectivity index (χ2v) is 4.85. The zero-order valence-electron chi connectivity index (χ0n) is 13.3. The van der Waals surface area contributed by atoms with E-state index < -0.39 is 0 Å². The zero-order valence-corrected chi connectivity index (χ0v) is 13.3. The van der Waals surface area contributed by atoms with Gasteiger partial charge in [-0.2, -0.15) is 0 Å². The Kier molecular flexibility index (Phi) is 5.26. The molecule has 2 rings (SSSR count). The number of nitrogens with one attached hydrogen (secondary N) is 1. The van der Waals surface area contributed by atoms with Crippen LogP contribution in [0.15, 0.2) is 18.2 Å². The minimum atomic E-state index is 0.610. The maximum atomic E-state index is 5.69. The third kappa shape index (κ3) is 3.38. The maximum Gasteiger partial charge on any atom is 0.163 e. The van der Waals surface area contributed by atoms with E-state index in [0.29, 0.717) is 13.2 Å². The third-order valence-electron chi connectivity index (χ3n) is 3.31. The molecule has 0 unspecified atom stereocenters. The molecule has 0 saturated heterocycles. The fourth-order valence-corrected chi connectivity index (χ4v) is 2.44. The van der Waals surface area contributed by atoms with Gasteiger partial charge in [-0.15, -0.1) is 0 Å². The fourth-order valence-electron chi connectivity index (χ4n) is 2.44. The van der Waals surface area contributed by atoms with Crippen LogP contribution in [0, 0.1) is 0 Å². The van der Waals surface area contributed by atoms with Gasteiger partial charge in [0, 0.05) is 18.5 Å². The molecule has 0 amide bonds. The Labute approximate surface area is 126 Å². The van der Waals surface area contributed by atoms with Gasteiger partial charge < -0.3 is 14.8 Å². The molecule has 1 N–H and O–H groups in total. The van der Waals surface area contributed by atoms with Gasteiger partial charge in [0.15, 0.2) is 11.5 Å². The lowest BCUT2D eigenvalue weighted by Crippen LogP contribution is -2.02. The van der Waals surface area contributed by atoms with Gasteiger partial charge in [0.05, 0.1) is 18.7 Å². The van der Waals surface area contributed by atoms with Crippen LogP contribution in [0.25, 0.3) is 10.9 Å². The fraction of sp³-hybridized carbons (Fsp3) is 0.471. The van der Waals surface area contributed by atoms with E-state index in [-0.39, 0.29) is 0 Å². The number of hydrogen-bond donors (Lipinski definition) is 1. The van der Waals surface area contributed by atoms with E-state index in [2.05, 4.69) is 18.3 Å². The van der Waals surface area contributed by atoms with E-state index in [1.54, 1.807) is 0 Å². The molecule has 0 fully saturated rings. The van der Waals surface area contributed by atoms with Crippen molar-refractivity contribution in [2.75, 3.05) is 25.6 Å². The molecule has 0 aliphatic rings. The van der Waals surface area contributed by atoms with E-state index in [4.69, 9.17) is 14.5 Å². The minimum Gasteiger partial charge on any atom is -0.490 e. The molecule has 4 heteroatoms. The van der Waals surface area contributed by atoms with Gasteiger partial charge in [0.1, 0.15) is 5.82 Å². The quantitative estimate of drug-likeness (QED) is 0.835. The number of aromatic nitrogens is 1. The lowest BCUT2D eigenvalue weighted by molar-refractivity contribution is 0.288. The number of nitrogens with zero attached hydrogens (tertiary/aromatic N) is 1. The standard InChI is InChI=1S/C17H24N2O2/c1-5-8-12-9-13-10-15(20-6-2)16(21-7-3)11-14(13)19-17(12)18-4/h9-11H,5-8H2,1-4H3,(H,18,19). The molecule has 0 aliphatic heterocycles. The number of anilines is 1. The van der Waals surface area contributed by atoms with Gasteiger partial charge in [0.2, 0.25) is 0 Å². The van der Waals surface area contributed by atoms with Gasteiger partial charge in [0.25, 0.3) is 0 Å². The van der Waals surface area contributed by atoms with E-state index in [1.165, 1.54) is 5.56 Å². The Morgan fingerprint density at radius 2 is 1.67 bits per heavy atom. The number of benzene rings is 1. The molecule has 1 heterocycles. The number of hydrogen-bond acceptors (Lipinski definition) is 4. The molecule has 1 aromatic carbocycles. The van der Waals surface area contributed by atoms with Crippen molar-refractivity contribution in [2.45, 2.75) is 33.6 Å². The van der Waals surface area contributed by atoms with Crippen LogP contribution in [0.3, 0.4) is 0 Å². The molecule has 21 heavy (non-hydrogen) atoms. The number of rotatable bonds is 7. The highest BCUT2D eigenvalue weighted by atomic mass is 16.5. The van der Waals surface area contributed by atoms with Crippen LogP contribution in [-0.4, -0.2) is 25.2 Å². The van der Waals surface area contributed by atoms with Gasteiger partial charge in [-0.3, -0.25) is 0 Å². The normalized spacial score (nSPS) is 10.7. The summed E-state index contributed by atoms with van der Waals surface area (Å²) in [6, 6.07) is 6.17. The summed E-state index contributed by atoms with van der Waals surface area (Å²) >= 11 is 0. The Morgan fingerprint density at radius 3 is 2.24 bits per heavy atom. The van der Waals surface area contributed by atoms with Crippen LogP contribution in [-0.2, 0) is 6.42 Å². The summed E-state index contributed by atoms with van der Waals surface area (Å²) in [5.74, 6) is 2.48. The monoisotopic (exact) mass is 288 g/mol. The molecular formula is C17H24N2O2. The first-order valence-electron chi connectivity index (χ1n) is 7.64. The van der Waals surface area contributed by atoms with Crippen LogP contribution in [0.5, 0.6) is 11.5 Å². The molecule has 0 spiro atoms. The third-order valence-corrected chi connectivity index (χ3v) is 3.31. The molecule has 2 aromatic rings. The molecule has 114 valence electrons. The highest BCUT2D eigenvalue weighted by molar-refractivity contribution is 5.85. The Morgan fingerprint density at radius 1 is 1.00 bits per heavy atom. The van der Waals surface area contributed by atoms with Crippen LogP contribution >= 0.6 is 0 Å². The first-order valence-corrected chi connectivity index (χ1v) is 7.64. The number of pyridine rings is 1. The largest absolute Gasteiger partial charge is 0.490 e. The van der Waals surface area contributed by atoms with Gasteiger partial charge in [-0.25, -0.2) is 4.98 Å².